The molecule has 3 heterocycles. The fourth-order valence-corrected chi connectivity index (χ4v) is 3.61. The number of hydrogen-bond acceptors (Lipinski definition) is 4. The number of benzene rings is 1. The Bertz CT molecular complexity index is 1020. The highest BCUT2D eigenvalue weighted by molar-refractivity contribution is 7.13. The Morgan fingerprint density at radius 1 is 0.840 bits per heavy atom. The molecular formula is C19H11ClFN3S. The van der Waals surface area contributed by atoms with E-state index >= 15 is 0 Å². The third kappa shape index (κ3) is 3.04. The molecule has 0 aliphatic carbocycles. The molecule has 0 saturated heterocycles. The van der Waals surface area contributed by atoms with Crippen LogP contribution in [0.25, 0.3) is 33.0 Å². The number of thiophene rings is 1. The van der Waals surface area contributed by atoms with Gasteiger partial charge in [0.1, 0.15) is 5.69 Å². The molecule has 0 spiro atoms. The number of rotatable bonds is 3. The predicted molar refractivity (Wildman–Crippen MR) is 99.0 cm³/mol. The second-order valence-corrected chi connectivity index (χ2v) is 6.67. The van der Waals surface area contributed by atoms with E-state index in [0.717, 1.165) is 22.5 Å². The van der Waals surface area contributed by atoms with Crippen LogP contribution in [0.1, 0.15) is 0 Å². The number of pyridine rings is 1. The van der Waals surface area contributed by atoms with E-state index in [4.69, 9.17) is 11.6 Å². The Kier molecular flexibility index (Phi) is 4.26. The summed E-state index contributed by atoms with van der Waals surface area (Å²) < 4.78 is 13.6. The summed E-state index contributed by atoms with van der Waals surface area (Å²) in [5.41, 5.74) is 3.68. The Balaban J connectivity index is 2.07. The van der Waals surface area contributed by atoms with Crippen LogP contribution in [0.15, 0.2) is 66.9 Å². The van der Waals surface area contributed by atoms with Gasteiger partial charge < -0.3 is 0 Å². The minimum atomic E-state index is -0.273. The summed E-state index contributed by atoms with van der Waals surface area (Å²) in [6.45, 7) is 0. The lowest BCUT2D eigenvalue weighted by Gasteiger charge is -2.14. The van der Waals surface area contributed by atoms with Crippen molar-refractivity contribution < 1.29 is 4.39 Å². The lowest BCUT2D eigenvalue weighted by molar-refractivity contribution is 0.657. The van der Waals surface area contributed by atoms with Crippen molar-refractivity contribution in [2.24, 2.45) is 0 Å². The van der Waals surface area contributed by atoms with Crippen LogP contribution in [-0.2, 0) is 0 Å². The van der Waals surface area contributed by atoms with Gasteiger partial charge in [-0.05, 0) is 29.8 Å². The van der Waals surface area contributed by atoms with Crippen molar-refractivity contribution in [2.45, 2.75) is 0 Å². The van der Waals surface area contributed by atoms with Crippen LogP contribution in [-0.4, -0.2) is 15.2 Å². The molecule has 122 valence electrons. The third-order valence-electron chi connectivity index (χ3n) is 3.72. The van der Waals surface area contributed by atoms with E-state index in [0.29, 0.717) is 21.8 Å². The molecule has 0 fully saturated rings. The average Bonchev–Trinajstić information content (AvgIpc) is 3.09. The standard InChI is InChI=1S/C19H11ClFN3S/c20-19-17(13-8-4-5-11-22-13)16(12-6-2-1-3-7-12)18(23-24-19)14-9-10-15(21)25-14/h1-11H. The first-order valence-corrected chi connectivity index (χ1v) is 8.72. The molecule has 0 N–H and O–H groups in total. The van der Waals surface area contributed by atoms with Crippen molar-refractivity contribution in [1.29, 1.82) is 0 Å². The van der Waals surface area contributed by atoms with Crippen molar-refractivity contribution in [3.8, 4) is 33.0 Å². The second-order valence-electron chi connectivity index (χ2n) is 5.27. The molecule has 4 rings (SSSR count). The highest BCUT2D eigenvalue weighted by atomic mass is 35.5. The monoisotopic (exact) mass is 367 g/mol. The van der Waals surface area contributed by atoms with Crippen LogP contribution < -0.4 is 0 Å². The van der Waals surface area contributed by atoms with Crippen molar-refractivity contribution in [3.63, 3.8) is 0 Å². The number of nitrogens with zero attached hydrogens (tertiary/aromatic N) is 3. The summed E-state index contributed by atoms with van der Waals surface area (Å²) in [7, 11) is 0. The smallest absolute Gasteiger partial charge is 0.177 e. The van der Waals surface area contributed by atoms with Crippen molar-refractivity contribution in [1.82, 2.24) is 15.2 Å². The van der Waals surface area contributed by atoms with Crippen LogP contribution >= 0.6 is 22.9 Å². The lowest BCUT2D eigenvalue weighted by Crippen LogP contribution is -1.98. The Morgan fingerprint density at radius 2 is 1.64 bits per heavy atom. The molecule has 0 aliphatic rings. The molecule has 0 bridgehead atoms. The SMILES string of the molecule is Fc1ccc(-c2nnc(Cl)c(-c3ccccn3)c2-c2ccccc2)s1. The molecule has 6 heteroatoms. The molecule has 4 aromatic rings. The largest absolute Gasteiger partial charge is 0.256 e. The minimum absolute atomic E-state index is 0.262. The van der Waals surface area contributed by atoms with Gasteiger partial charge in [0.15, 0.2) is 10.3 Å². The summed E-state index contributed by atoms with van der Waals surface area (Å²) in [6.07, 6.45) is 1.70. The van der Waals surface area contributed by atoms with Gasteiger partial charge in [0.05, 0.1) is 10.6 Å². The number of aromatic nitrogens is 3. The van der Waals surface area contributed by atoms with Gasteiger partial charge in [0.2, 0.25) is 0 Å². The second kappa shape index (κ2) is 6.70. The van der Waals surface area contributed by atoms with Crippen molar-refractivity contribution in [2.75, 3.05) is 0 Å². The van der Waals surface area contributed by atoms with E-state index in [-0.39, 0.29) is 10.3 Å². The van der Waals surface area contributed by atoms with Crippen molar-refractivity contribution >= 4 is 22.9 Å². The van der Waals surface area contributed by atoms with E-state index < -0.39 is 0 Å². The summed E-state index contributed by atoms with van der Waals surface area (Å²) in [5, 5.41) is 8.33. The van der Waals surface area contributed by atoms with Crippen LogP contribution in [0.3, 0.4) is 0 Å². The topological polar surface area (TPSA) is 38.7 Å². The maximum atomic E-state index is 13.6. The van der Waals surface area contributed by atoms with E-state index in [9.17, 15) is 4.39 Å². The maximum Gasteiger partial charge on any atom is 0.177 e. The predicted octanol–water partition coefficient (Wildman–Crippen LogP) is 5.73. The van der Waals surface area contributed by atoms with Gasteiger partial charge in [-0.25, -0.2) is 0 Å². The molecule has 0 saturated carbocycles. The molecular weight excluding hydrogens is 357 g/mol. The molecule has 0 amide bonds. The number of halogens is 2. The van der Waals surface area contributed by atoms with Gasteiger partial charge in [-0.1, -0.05) is 48.0 Å². The Morgan fingerprint density at radius 3 is 2.32 bits per heavy atom. The highest BCUT2D eigenvalue weighted by Crippen LogP contribution is 2.42. The quantitative estimate of drug-likeness (QED) is 0.464. The van der Waals surface area contributed by atoms with E-state index in [1.54, 1.807) is 12.3 Å². The molecule has 0 atom stereocenters. The summed E-state index contributed by atoms with van der Waals surface area (Å²) in [6, 6.07) is 18.5. The van der Waals surface area contributed by atoms with E-state index in [2.05, 4.69) is 15.2 Å². The lowest BCUT2D eigenvalue weighted by atomic mass is 9.96. The Hall–Kier alpha value is -2.63. The van der Waals surface area contributed by atoms with Crippen LogP contribution in [0.2, 0.25) is 5.15 Å². The molecule has 25 heavy (non-hydrogen) atoms. The van der Waals surface area contributed by atoms with Gasteiger partial charge >= 0.3 is 0 Å². The fourth-order valence-electron chi connectivity index (χ4n) is 2.66. The van der Waals surface area contributed by atoms with Gasteiger partial charge in [-0.15, -0.1) is 21.5 Å². The van der Waals surface area contributed by atoms with Gasteiger partial charge in [-0.3, -0.25) is 4.98 Å². The minimum Gasteiger partial charge on any atom is -0.256 e. The van der Waals surface area contributed by atoms with Crippen LogP contribution in [0, 0.1) is 5.13 Å². The van der Waals surface area contributed by atoms with Gasteiger partial charge in [-0.2, -0.15) is 4.39 Å². The third-order valence-corrected chi connectivity index (χ3v) is 4.87. The number of hydrogen-bond donors (Lipinski definition) is 0. The highest BCUT2D eigenvalue weighted by Gasteiger charge is 2.21. The average molecular weight is 368 g/mol. The van der Waals surface area contributed by atoms with Gasteiger partial charge in [0, 0.05) is 17.3 Å². The van der Waals surface area contributed by atoms with Crippen LogP contribution in [0.4, 0.5) is 4.39 Å². The molecule has 3 aromatic heterocycles. The summed E-state index contributed by atoms with van der Waals surface area (Å²) in [5.74, 6) is 0. The zero-order valence-corrected chi connectivity index (χ0v) is 14.4. The first kappa shape index (κ1) is 15.9. The maximum absolute atomic E-state index is 13.6. The molecule has 1 aromatic carbocycles. The Labute approximate surface area is 152 Å². The normalized spacial score (nSPS) is 10.8. The van der Waals surface area contributed by atoms with Crippen LogP contribution in [0.5, 0.6) is 0 Å². The van der Waals surface area contributed by atoms with E-state index in [1.165, 1.54) is 6.07 Å². The fraction of sp³-hybridized carbons (Fsp3) is 0. The summed E-state index contributed by atoms with van der Waals surface area (Å²) >= 11 is 7.42. The molecule has 3 nitrogen and oxygen atoms in total. The van der Waals surface area contributed by atoms with E-state index in [1.807, 2.05) is 48.5 Å². The zero-order valence-electron chi connectivity index (χ0n) is 12.9. The summed E-state index contributed by atoms with van der Waals surface area (Å²) in [4.78, 5) is 5.11. The zero-order chi connectivity index (χ0) is 17.2. The van der Waals surface area contributed by atoms with Gasteiger partial charge in [0.25, 0.3) is 0 Å². The molecule has 0 aliphatic heterocycles. The molecule has 0 unspecified atom stereocenters. The first-order valence-electron chi connectivity index (χ1n) is 7.53. The first-order chi connectivity index (χ1) is 12.2. The van der Waals surface area contributed by atoms with Crippen molar-refractivity contribution in [3.05, 3.63) is 77.1 Å². The molecule has 0 radical (unpaired) electrons.